The maximum atomic E-state index is 10.3. The van der Waals surface area contributed by atoms with Gasteiger partial charge in [0, 0.05) is 6.42 Å². The van der Waals surface area contributed by atoms with Crippen LogP contribution < -0.4 is 0 Å². The van der Waals surface area contributed by atoms with Crippen LogP contribution in [-0.2, 0) is 4.79 Å². The molecule has 0 aliphatic carbocycles. The number of rotatable bonds is 15. The molecule has 2 heteroatoms. The van der Waals surface area contributed by atoms with E-state index in [0.717, 1.165) is 32.1 Å². The smallest absolute Gasteiger partial charge is 0.303 e. The SMILES string of the molecule is CCCCCC=CCC=CCCCCC=CCCCC(=O)O. The van der Waals surface area contributed by atoms with E-state index in [1.807, 2.05) is 0 Å². The molecule has 0 heterocycles. The van der Waals surface area contributed by atoms with Gasteiger partial charge in [0.1, 0.15) is 0 Å². The van der Waals surface area contributed by atoms with E-state index in [9.17, 15) is 4.79 Å². The molecule has 126 valence electrons. The van der Waals surface area contributed by atoms with Crippen molar-refractivity contribution in [2.24, 2.45) is 0 Å². The zero-order valence-corrected chi connectivity index (χ0v) is 14.3. The molecule has 0 aliphatic rings. The van der Waals surface area contributed by atoms with Gasteiger partial charge in [-0.25, -0.2) is 0 Å². The van der Waals surface area contributed by atoms with Crippen LogP contribution in [0, 0.1) is 0 Å². The highest BCUT2D eigenvalue weighted by atomic mass is 16.4. The number of allylic oxidation sites excluding steroid dienone is 6. The Morgan fingerprint density at radius 2 is 1.18 bits per heavy atom. The van der Waals surface area contributed by atoms with Crippen LogP contribution in [0.25, 0.3) is 0 Å². The Morgan fingerprint density at radius 1 is 0.727 bits per heavy atom. The average molecular weight is 306 g/mol. The largest absolute Gasteiger partial charge is 0.481 e. The Balaban J connectivity index is 3.26. The highest BCUT2D eigenvalue weighted by Crippen LogP contribution is 2.05. The van der Waals surface area contributed by atoms with Crippen LogP contribution in [0.1, 0.15) is 84.0 Å². The predicted octanol–water partition coefficient (Wildman–Crippen LogP) is 6.44. The molecule has 0 unspecified atom stereocenters. The van der Waals surface area contributed by atoms with Gasteiger partial charge in [-0.05, 0) is 57.8 Å². The molecule has 0 atom stereocenters. The summed E-state index contributed by atoms with van der Waals surface area (Å²) in [4.78, 5) is 10.3. The molecule has 0 rings (SSSR count). The molecule has 2 nitrogen and oxygen atoms in total. The lowest BCUT2D eigenvalue weighted by atomic mass is 10.1. The van der Waals surface area contributed by atoms with Crippen molar-refractivity contribution >= 4 is 5.97 Å². The van der Waals surface area contributed by atoms with Crippen molar-refractivity contribution in [3.8, 4) is 0 Å². The van der Waals surface area contributed by atoms with Crippen molar-refractivity contribution in [1.29, 1.82) is 0 Å². The number of aliphatic carboxylic acids is 1. The van der Waals surface area contributed by atoms with Crippen LogP contribution in [0.2, 0.25) is 0 Å². The summed E-state index contributed by atoms with van der Waals surface area (Å²) >= 11 is 0. The number of hydrogen-bond donors (Lipinski definition) is 1. The van der Waals surface area contributed by atoms with E-state index in [4.69, 9.17) is 5.11 Å². The van der Waals surface area contributed by atoms with E-state index in [0.29, 0.717) is 0 Å². The quantitative estimate of drug-likeness (QED) is 0.279. The van der Waals surface area contributed by atoms with Gasteiger partial charge in [0.2, 0.25) is 0 Å². The number of hydrogen-bond acceptors (Lipinski definition) is 1. The highest BCUT2D eigenvalue weighted by Gasteiger charge is 1.93. The van der Waals surface area contributed by atoms with Crippen LogP contribution >= 0.6 is 0 Å². The zero-order chi connectivity index (χ0) is 16.3. The van der Waals surface area contributed by atoms with E-state index >= 15 is 0 Å². The van der Waals surface area contributed by atoms with E-state index in [2.05, 4.69) is 43.4 Å². The maximum Gasteiger partial charge on any atom is 0.303 e. The van der Waals surface area contributed by atoms with Gasteiger partial charge in [-0.2, -0.15) is 0 Å². The van der Waals surface area contributed by atoms with Gasteiger partial charge in [0.15, 0.2) is 0 Å². The molecule has 0 fully saturated rings. The number of carboxylic acid groups (broad SMARTS) is 1. The topological polar surface area (TPSA) is 37.3 Å². The lowest BCUT2D eigenvalue weighted by molar-refractivity contribution is -0.137. The van der Waals surface area contributed by atoms with E-state index < -0.39 is 5.97 Å². The van der Waals surface area contributed by atoms with Crippen molar-refractivity contribution in [1.82, 2.24) is 0 Å². The first-order valence-corrected chi connectivity index (χ1v) is 8.94. The molecule has 0 aromatic heterocycles. The van der Waals surface area contributed by atoms with Crippen LogP contribution in [0.4, 0.5) is 0 Å². The summed E-state index contributed by atoms with van der Waals surface area (Å²) < 4.78 is 0. The first kappa shape index (κ1) is 20.7. The lowest BCUT2D eigenvalue weighted by Gasteiger charge is -1.94. The minimum Gasteiger partial charge on any atom is -0.481 e. The molecule has 0 spiro atoms. The predicted molar refractivity (Wildman–Crippen MR) is 96.1 cm³/mol. The Labute approximate surface area is 137 Å². The molecule has 0 saturated heterocycles. The second-order valence-electron chi connectivity index (χ2n) is 5.72. The van der Waals surface area contributed by atoms with Crippen molar-refractivity contribution in [3.63, 3.8) is 0 Å². The fraction of sp³-hybridized carbons (Fsp3) is 0.650. The number of unbranched alkanes of at least 4 members (excludes halogenated alkanes) is 7. The summed E-state index contributed by atoms with van der Waals surface area (Å²) in [7, 11) is 0. The Hall–Kier alpha value is -1.31. The first-order valence-electron chi connectivity index (χ1n) is 8.94. The maximum absolute atomic E-state index is 10.3. The zero-order valence-electron chi connectivity index (χ0n) is 14.3. The summed E-state index contributed by atoms with van der Waals surface area (Å²) in [5, 5.41) is 8.50. The molecular formula is C20H34O2. The summed E-state index contributed by atoms with van der Waals surface area (Å²) in [6.45, 7) is 2.24. The second-order valence-corrected chi connectivity index (χ2v) is 5.72. The molecule has 0 radical (unpaired) electrons. The van der Waals surface area contributed by atoms with Gasteiger partial charge in [-0.1, -0.05) is 56.2 Å². The second kappa shape index (κ2) is 17.7. The molecule has 22 heavy (non-hydrogen) atoms. The van der Waals surface area contributed by atoms with E-state index in [-0.39, 0.29) is 6.42 Å². The highest BCUT2D eigenvalue weighted by molar-refractivity contribution is 5.66. The summed E-state index contributed by atoms with van der Waals surface area (Å²) in [5.41, 5.74) is 0. The Kier molecular flexibility index (Phi) is 16.7. The third-order valence-electron chi connectivity index (χ3n) is 3.50. The minimum absolute atomic E-state index is 0.280. The third-order valence-corrected chi connectivity index (χ3v) is 3.50. The number of carboxylic acids is 1. The van der Waals surface area contributed by atoms with Gasteiger partial charge >= 0.3 is 5.97 Å². The van der Waals surface area contributed by atoms with Crippen LogP contribution in [-0.4, -0.2) is 11.1 Å². The Bertz CT molecular complexity index is 327. The molecule has 0 aromatic carbocycles. The van der Waals surface area contributed by atoms with Gasteiger partial charge in [0.05, 0.1) is 0 Å². The van der Waals surface area contributed by atoms with Crippen molar-refractivity contribution in [2.75, 3.05) is 0 Å². The van der Waals surface area contributed by atoms with Crippen LogP contribution in [0.5, 0.6) is 0 Å². The van der Waals surface area contributed by atoms with Crippen molar-refractivity contribution in [2.45, 2.75) is 84.0 Å². The van der Waals surface area contributed by atoms with Gasteiger partial charge in [-0.3, -0.25) is 4.79 Å². The summed E-state index contributed by atoms with van der Waals surface area (Å²) in [6, 6.07) is 0. The molecule has 0 amide bonds. The fourth-order valence-corrected chi connectivity index (χ4v) is 2.15. The fourth-order valence-electron chi connectivity index (χ4n) is 2.15. The molecule has 0 aliphatic heterocycles. The minimum atomic E-state index is -0.698. The molecule has 0 saturated carbocycles. The first-order chi connectivity index (χ1) is 10.8. The standard InChI is InChI=1S/C20H34O2/c1-2-3-4-5-6-7-8-9-10-11-12-13-14-15-16-17-18-19-20(21)22/h6-7,9-10,15-16H,2-5,8,11-14,17-19H2,1H3,(H,21,22). The van der Waals surface area contributed by atoms with E-state index in [1.165, 1.54) is 38.5 Å². The third kappa shape index (κ3) is 18.7. The average Bonchev–Trinajstić information content (AvgIpc) is 2.50. The Morgan fingerprint density at radius 3 is 1.68 bits per heavy atom. The lowest BCUT2D eigenvalue weighted by Crippen LogP contribution is -1.92. The monoisotopic (exact) mass is 306 g/mol. The van der Waals surface area contributed by atoms with Crippen molar-refractivity contribution in [3.05, 3.63) is 36.5 Å². The number of carbonyl (C=O) groups is 1. The normalized spacial score (nSPS) is 12.0. The van der Waals surface area contributed by atoms with Gasteiger partial charge < -0.3 is 5.11 Å². The van der Waals surface area contributed by atoms with E-state index in [1.54, 1.807) is 0 Å². The van der Waals surface area contributed by atoms with Crippen LogP contribution in [0.3, 0.4) is 0 Å². The molecule has 0 aromatic rings. The summed E-state index contributed by atoms with van der Waals surface area (Å²) in [5.74, 6) is -0.698. The molecule has 1 N–H and O–H groups in total. The van der Waals surface area contributed by atoms with Gasteiger partial charge in [0.25, 0.3) is 0 Å². The van der Waals surface area contributed by atoms with Gasteiger partial charge in [-0.15, -0.1) is 0 Å². The molecular weight excluding hydrogens is 272 g/mol. The molecule has 0 bridgehead atoms. The van der Waals surface area contributed by atoms with Crippen LogP contribution in [0.15, 0.2) is 36.5 Å². The van der Waals surface area contributed by atoms with Crippen molar-refractivity contribution < 1.29 is 9.90 Å². The summed E-state index contributed by atoms with van der Waals surface area (Å²) in [6.07, 6.45) is 26.3.